The van der Waals surface area contributed by atoms with Crippen LogP contribution in [0, 0.1) is 0 Å². The van der Waals surface area contributed by atoms with E-state index in [9.17, 15) is 5.11 Å². The minimum Gasteiger partial charge on any atom is -0.388 e. The summed E-state index contributed by atoms with van der Waals surface area (Å²) in [4.78, 5) is 1.19. The second-order valence-electron chi connectivity index (χ2n) is 4.53. The largest absolute Gasteiger partial charge is 0.388 e. The minimum absolute atomic E-state index is 0.449. The molecule has 1 atom stereocenters. The Balaban J connectivity index is 1.86. The molecule has 0 aliphatic rings. The third-order valence-electron chi connectivity index (χ3n) is 3.18. The zero-order valence-corrected chi connectivity index (χ0v) is 12.6. The Morgan fingerprint density at radius 3 is 2.53 bits per heavy atom. The van der Waals surface area contributed by atoms with Crippen LogP contribution in [0.1, 0.15) is 16.5 Å². The highest BCUT2D eigenvalue weighted by Gasteiger charge is 2.10. The molecule has 0 radical (unpaired) electrons. The molecule has 1 unspecified atom stereocenters. The molecule has 0 saturated carbocycles. The molecule has 0 aliphatic heterocycles. The van der Waals surface area contributed by atoms with Gasteiger partial charge in [-0.25, -0.2) is 0 Å². The molecule has 1 heterocycles. The monoisotopic (exact) mass is 332 g/mol. The van der Waals surface area contributed by atoms with Crippen molar-refractivity contribution in [3.8, 4) is 0 Å². The maximum Gasteiger partial charge on any atom is 0.0838 e. The van der Waals surface area contributed by atoms with Crippen molar-refractivity contribution in [2.45, 2.75) is 12.5 Å². The van der Waals surface area contributed by atoms with Gasteiger partial charge in [-0.15, -0.1) is 11.3 Å². The van der Waals surface area contributed by atoms with Crippen molar-refractivity contribution < 1.29 is 5.11 Å². The van der Waals surface area contributed by atoms with E-state index in [0.29, 0.717) is 6.42 Å². The lowest BCUT2D eigenvalue weighted by atomic mass is 10.0. The molecule has 3 heteroatoms. The second kappa shape index (κ2) is 5.45. The number of hydrogen-bond donors (Lipinski definition) is 1. The lowest BCUT2D eigenvalue weighted by Crippen LogP contribution is -2.00. The molecule has 0 saturated heterocycles. The SMILES string of the molecule is OC(Cc1ccc(Br)s1)c1ccc2ccccc2c1. The molecular formula is C16H13BrOS. The maximum atomic E-state index is 10.3. The van der Waals surface area contributed by atoms with Crippen molar-refractivity contribution >= 4 is 38.0 Å². The van der Waals surface area contributed by atoms with Gasteiger partial charge in [-0.2, -0.15) is 0 Å². The number of benzene rings is 2. The van der Waals surface area contributed by atoms with Crippen LogP contribution in [0.25, 0.3) is 10.8 Å². The lowest BCUT2D eigenvalue weighted by Gasteiger charge is -2.10. The molecular weight excluding hydrogens is 320 g/mol. The van der Waals surface area contributed by atoms with E-state index in [2.05, 4.69) is 46.3 Å². The van der Waals surface area contributed by atoms with Gasteiger partial charge in [-0.3, -0.25) is 0 Å². The highest BCUT2D eigenvalue weighted by atomic mass is 79.9. The fraction of sp³-hybridized carbons (Fsp3) is 0.125. The molecule has 1 aromatic heterocycles. The zero-order valence-electron chi connectivity index (χ0n) is 10.2. The summed E-state index contributed by atoms with van der Waals surface area (Å²) in [6, 6.07) is 18.4. The first-order chi connectivity index (χ1) is 9.22. The average molecular weight is 333 g/mol. The fourth-order valence-corrected chi connectivity index (χ4v) is 3.70. The number of aliphatic hydroxyl groups is 1. The lowest BCUT2D eigenvalue weighted by molar-refractivity contribution is 0.179. The van der Waals surface area contributed by atoms with Crippen LogP contribution in [-0.2, 0) is 6.42 Å². The predicted octanol–water partition coefficient (Wildman–Crippen LogP) is 4.94. The Hall–Kier alpha value is -1.16. The van der Waals surface area contributed by atoms with Gasteiger partial charge >= 0.3 is 0 Å². The van der Waals surface area contributed by atoms with E-state index in [1.165, 1.54) is 15.6 Å². The molecule has 0 amide bonds. The van der Waals surface area contributed by atoms with Gasteiger partial charge in [0.15, 0.2) is 0 Å². The van der Waals surface area contributed by atoms with Gasteiger partial charge in [0.2, 0.25) is 0 Å². The number of aliphatic hydroxyl groups excluding tert-OH is 1. The number of rotatable bonds is 3. The fourth-order valence-electron chi connectivity index (χ4n) is 2.18. The first-order valence-electron chi connectivity index (χ1n) is 6.13. The summed E-state index contributed by atoms with van der Waals surface area (Å²) in [7, 11) is 0. The Morgan fingerprint density at radius 1 is 1.00 bits per heavy atom. The summed E-state index contributed by atoms with van der Waals surface area (Å²) in [6.45, 7) is 0. The summed E-state index contributed by atoms with van der Waals surface area (Å²) in [6.07, 6.45) is 0.212. The summed E-state index contributed by atoms with van der Waals surface area (Å²) < 4.78 is 1.10. The van der Waals surface area contributed by atoms with E-state index in [1.807, 2.05) is 24.3 Å². The van der Waals surface area contributed by atoms with Crippen LogP contribution in [0.5, 0.6) is 0 Å². The number of halogens is 1. The van der Waals surface area contributed by atoms with Crippen molar-refractivity contribution in [3.63, 3.8) is 0 Å². The van der Waals surface area contributed by atoms with Gasteiger partial charge in [0.25, 0.3) is 0 Å². The van der Waals surface area contributed by atoms with Gasteiger partial charge in [-0.05, 0) is 50.5 Å². The maximum absolute atomic E-state index is 10.3. The molecule has 3 aromatic rings. The van der Waals surface area contributed by atoms with Crippen LogP contribution in [0.4, 0.5) is 0 Å². The Morgan fingerprint density at radius 2 is 1.79 bits per heavy atom. The molecule has 0 aliphatic carbocycles. The standard InChI is InChI=1S/C16H13BrOS/c17-16-8-7-14(19-16)10-15(18)13-6-5-11-3-1-2-4-12(11)9-13/h1-9,15,18H,10H2. The predicted molar refractivity (Wildman–Crippen MR) is 84.6 cm³/mol. The van der Waals surface area contributed by atoms with Crippen LogP contribution in [-0.4, -0.2) is 5.11 Å². The van der Waals surface area contributed by atoms with Crippen molar-refractivity contribution in [2.75, 3.05) is 0 Å². The smallest absolute Gasteiger partial charge is 0.0838 e. The van der Waals surface area contributed by atoms with Crippen molar-refractivity contribution in [1.29, 1.82) is 0 Å². The topological polar surface area (TPSA) is 20.2 Å². The molecule has 96 valence electrons. The van der Waals surface area contributed by atoms with Crippen molar-refractivity contribution in [3.05, 3.63) is 68.8 Å². The Bertz CT molecular complexity index is 705. The first-order valence-corrected chi connectivity index (χ1v) is 7.74. The molecule has 0 spiro atoms. The summed E-state index contributed by atoms with van der Waals surface area (Å²) in [5.74, 6) is 0. The van der Waals surface area contributed by atoms with Crippen LogP contribution < -0.4 is 0 Å². The average Bonchev–Trinajstić information content (AvgIpc) is 2.83. The second-order valence-corrected chi connectivity index (χ2v) is 7.08. The van der Waals surface area contributed by atoms with E-state index < -0.39 is 6.10 Å². The zero-order chi connectivity index (χ0) is 13.2. The quantitative estimate of drug-likeness (QED) is 0.720. The van der Waals surface area contributed by atoms with Gasteiger partial charge in [0.1, 0.15) is 0 Å². The van der Waals surface area contributed by atoms with Gasteiger partial charge in [0, 0.05) is 11.3 Å². The third kappa shape index (κ3) is 2.89. The number of hydrogen-bond acceptors (Lipinski definition) is 2. The summed E-state index contributed by atoms with van der Waals surface area (Å²) in [5.41, 5.74) is 0.975. The summed E-state index contributed by atoms with van der Waals surface area (Å²) >= 11 is 5.12. The highest BCUT2D eigenvalue weighted by Crippen LogP contribution is 2.28. The van der Waals surface area contributed by atoms with E-state index in [1.54, 1.807) is 11.3 Å². The van der Waals surface area contributed by atoms with Gasteiger partial charge < -0.3 is 5.11 Å². The van der Waals surface area contributed by atoms with E-state index in [0.717, 1.165) is 9.35 Å². The Labute approximate surface area is 124 Å². The van der Waals surface area contributed by atoms with Crippen LogP contribution >= 0.6 is 27.3 Å². The minimum atomic E-state index is -0.449. The van der Waals surface area contributed by atoms with Gasteiger partial charge in [-0.1, -0.05) is 36.4 Å². The molecule has 2 aromatic carbocycles. The van der Waals surface area contributed by atoms with Crippen LogP contribution in [0.15, 0.2) is 58.4 Å². The van der Waals surface area contributed by atoms with E-state index in [-0.39, 0.29) is 0 Å². The molecule has 19 heavy (non-hydrogen) atoms. The normalized spacial score (nSPS) is 12.7. The molecule has 3 rings (SSSR count). The van der Waals surface area contributed by atoms with Crippen LogP contribution in [0.3, 0.4) is 0 Å². The highest BCUT2D eigenvalue weighted by molar-refractivity contribution is 9.11. The molecule has 1 nitrogen and oxygen atoms in total. The van der Waals surface area contributed by atoms with Crippen molar-refractivity contribution in [2.24, 2.45) is 0 Å². The molecule has 0 fully saturated rings. The first kappa shape index (κ1) is 12.9. The van der Waals surface area contributed by atoms with Crippen molar-refractivity contribution in [1.82, 2.24) is 0 Å². The number of fused-ring (bicyclic) bond motifs is 1. The van der Waals surface area contributed by atoms with E-state index in [4.69, 9.17) is 0 Å². The van der Waals surface area contributed by atoms with E-state index >= 15 is 0 Å². The Kier molecular flexibility index (Phi) is 3.69. The molecule has 0 bridgehead atoms. The van der Waals surface area contributed by atoms with Crippen LogP contribution in [0.2, 0.25) is 0 Å². The third-order valence-corrected chi connectivity index (χ3v) is 4.83. The van der Waals surface area contributed by atoms with Gasteiger partial charge in [0.05, 0.1) is 9.89 Å². The number of thiophene rings is 1. The summed E-state index contributed by atoms with van der Waals surface area (Å²) in [5, 5.41) is 12.7. The molecule has 1 N–H and O–H groups in total.